The Bertz CT molecular complexity index is 1100. The molecule has 0 spiro atoms. The van der Waals surface area contributed by atoms with E-state index in [2.05, 4.69) is 10.1 Å². The van der Waals surface area contributed by atoms with Crippen LogP contribution < -0.4 is 15.5 Å². The van der Waals surface area contributed by atoms with E-state index >= 15 is 0 Å². The van der Waals surface area contributed by atoms with Crippen molar-refractivity contribution in [2.75, 3.05) is 38.0 Å². The molecule has 2 aromatic carbocycles. The van der Waals surface area contributed by atoms with Crippen LogP contribution in [0.15, 0.2) is 53.3 Å². The number of rotatable bonds is 8. The number of aryl methyl sites for hydroxylation is 1. The van der Waals surface area contributed by atoms with Crippen molar-refractivity contribution in [1.82, 2.24) is 14.8 Å². The largest absolute Gasteiger partial charge is 0.378 e. The Morgan fingerprint density at radius 1 is 0.839 bits per heavy atom. The van der Waals surface area contributed by atoms with E-state index in [0.29, 0.717) is 30.8 Å². The number of anilines is 2. The van der Waals surface area contributed by atoms with E-state index in [9.17, 15) is 9.59 Å². The lowest BCUT2D eigenvalue weighted by Crippen LogP contribution is -2.27. The minimum absolute atomic E-state index is 0.0955. The van der Waals surface area contributed by atoms with E-state index in [4.69, 9.17) is 0 Å². The Morgan fingerprint density at radius 2 is 1.32 bits per heavy atom. The Morgan fingerprint density at radius 3 is 1.77 bits per heavy atom. The molecule has 0 aliphatic rings. The summed E-state index contributed by atoms with van der Waals surface area (Å²) in [7, 11) is 7.94. The molecule has 31 heavy (non-hydrogen) atoms. The van der Waals surface area contributed by atoms with Gasteiger partial charge in [0.05, 0.1) is 0 Å². The van der Waals surface area contributed by atoms with Crippen molar-refractivity contribution in [1.29, 1.82) is 0 Å². The maximum absolute atomic E-state index is 12.7. The maximum atomic E-state index is 12.7. The smallest absolute Gasteiger partial charge is 0.364 e. The predicted molar refractivity (Wildman–Crippen MR) is 126 cm³/mol. The van der Waals surface area contributed by atoms with Crippen LogP contribution in [-0.2, 0) is 11.3 Å². The second kappa shape index (κ2) is 9.55. The van der Waals surface area contributed by atoms with Crippen LogP contribution in [0.25, 0.3) is 22.5 Å². The van der Waals surface area contributed by atoms with E-state index < -0.39 is 5.69 Å². The van der Waals surface area contributed by atoms with Crippen molar-refractivity contribution in [2.24, 2.45) is 0 Å². The number of carbonyl (C=O) groups is 1. The lowest BCUT2D eigenvalue weighted by atomic mass is 10.0. The molecule has 0 saturated carbocycles. The molecule has 1 aromatic heterocycles. The fourth-order valence-electron chi connectivity index (χ4n) is 3.27. The molecule has 0 saturated heterocycles. The number of hydrogen-bond acceptors (Lipinski definition) is 6. The molecule has 0 bridgehead atoms. The molecular formula is C24H29N5O2. The highest BCUT2D eigenvalue weighted by Crippen LogP contribution is 2.30. The van der Waals surface area contributed by atoms with Gasteiger partial charge in [0.1, 0.15) is 17.2 Å². The fraction of sp³-hybridized carbons (Fsp3) is 0.333. The minimum atomic E-state index is -0.413. The summed E-state index contributed by atoms with van der Waals surface area (Å²) in [5.41, 5.74) is 4.63. The van der Waals surface area contributed by atoms with Gasteiger partial charge in [0.2, 0.25) is 0 Å². The van der Waals surface area contributed by atoms with Crippen molar-refractivity contribution in [2.45, 2.75) is 26.3 Å². The standard InChI is InChI=1S/C24H29N5O2/c1-17(30)7-6-16-29-24(31)25-22(18-8-12-20(13-9-18)27(2)3)23(26-29)19-10-14-21(15-11-19)28(4)5/h8-15H,6-7,16H2,1-5H3. The summed E-state index contributed by atoms with van der Waals surface area (Å²) in [6.07, 6.45) is 0.967. The molecule has 1 heterocycles. The lowest BCUT2D eigenvalue weighted by molar-refractivity contribution is -0.117. The third-order valence-corrected chi connectivity index (χ3v) is 5.09. The summed E-state index contributed by atoms with van der Waals surface area (Å²) in [5, 5.41) is 4.65. The van der Waals surface area contributed by atoms with Crippen LogP contribution in [0.1, 0.15) is 19.8 Å². The van der Waals surface area contributed by atoms with Crippen molar-refractivity contribution >= 4 is 17.2 Å². The number of benzene rings is 2. The van der Waals surface area contributed by atoms with Crippen LogP contribution in [0.5, 0.6) is 0 Å². The highest BCUT2D eigenvalue weighted by atomic mass is 16.1. The molecule has 0 atom stereocenters. The average molecular weight is 420 g/mol. The van der Waals surface area contributed by atoms with Gasteiger partial charge in [-0.25, -0.2) is 9.48 Å². The number of ketones is 1. The maximum Gasteiger partial charge on any atom is 0.364 e. The average Bonchev–Trinajstić information content (AvgIpc) is 2.74. The van der Waals surface area contributed by atoms with Gasteiger partial charge in [-0.2, -0.15) is 10.1 Å². The third kappa shape index (κ3) is 5.36. The number of aromatic nitrogens is 3. The minimum Gasteiger partial charge on any atom is -0.378 e. The Kier molecular flexibility index (Phi) is 6.84. The van der Waals surface area contributed by atoms with E-state index in [1.54, 1.807) is 6.92 Å². The number of Topliss-reactive ketones (excluding diaryl/α,β-unsaturated/α-hetero) is 1. The molecule has 0 N–H and O–H groups in total. The van der Waals surface area contributed by atoms with E-state index in [-0.39, 0.29) is 5.78 Å². The summed E-state index contributed by atoms with van der Waals surface area (Å²) >= 11 is 0. The number of hydrogen-bond donors (Lipinski definition) is 0. The zero-order valence-electron chi connectivity index (χ0n) is 18.8. The zero-order valence-corrected chi connectivity index (χ0v) is 18.8. The van der Waals surface area contributed by atoms with Gasteiger partial charge in [0, 0.05) is 63.7 Å². The van der Waals surface area contributed by atoms with Gasteiger partial charge >= 0.3 is 5.69 Å². The predicted octanol–water partition coefficient (Wildman–Crippen LogP) is 3.47. The molecular weight excluding hydrogens is 390 g/mol. The van der Waals surface area contributed by atoms with Crippen LogP contribution in [0, 0.1) is 0 Å². The summed E-state index contributed by atoms with van der Waals surface area (Å²) in [4.78, 5) is 32.4. The highest BCUT2D eigenvalue weighted by molar-refractivity contribution is 5.79. The summed E-state index contributed by atoms with van der Waals surface area (Å²) in [6, 6.07) is 15.9. The molecule has 0 aliphatic carbocycles. The monoisotopic (exact) mass is 419 g/mol. The van der Waals surface area contributed by atoms with Gasteiger partial charge in [0.25, 0.3) is 0 Å². The zero-order chi connectivity index (χ0) is 22.5. The third-order valence-electron chi connectivity index (χ3n) is 5.09. The molecule has 3 aromatic rings. The quantitative estimate of drug-likeness (QED) is 0.557. The summed E-state index contributed by atoms with van der Waals surface area (Å²) in [6.45, 7) is 1.90. The molecule has 3 rings (SSSR count). The Labute approximate surface area is 183 Å². The first kappa shape index (κ1) is 22.2. The molecule has 7 heteroatoms. The van der Waals surface area contributed by atoms with E-state index in [1.807, 2.05) is 86.5 Å². The van der Waals surface area contributed by atoms with Gasteiger partial charge < -0.3 is 14.6 Å². The normalized spacial score (nSPS) is 10.7. The van der Waals surface area contributed by atoms with Crippen LogP contribution in [0.3, 0.4) is 0 Å². The van der Waals surface area contributed by atoms with Crippen LogP contribution >= 0.6 is 0 Å². The molecule has 0 radical (unpaired) electrons. The summed E-state index contributed by atoms with van der Waals surface area (Å²) < 4.78 is 1.36. The summed E-state index contributed by atoms with van der Waals surface area (Å²) in [5.74, 6) is 0.0955. The van der Waals surface area contributed by atoms with Gasteiger partial charge in [0.15, 0.2) is 0 Å². The van der Waals surface area contributed by atoms with Crippen molar-refractivity contribution in [3.05, 3.63) is 59.0 Å². The molecule has 0 unspecified atom stereocenters. The van der Waals surface area contributed by atoms with E-state index in [0.717, 1.165) is 22.5 Å². The molecule has 7 nitrogen and oxygen atoms in total. The molecule has 162 valence electrons. The van der Waals surface area contributed by atoms with E-state index in [1.165, 1.54) is 4.68 Å². The van der Waals surface area contributed by atoms with Gasteiger partial charge in [-0.05, 0) is 37.6 Å². The second-order valence-electron chi connectivity index (χ2n) is 8.00. The number of carbonyl (C=O) groups excluding carboxylic acids is 1. The topological polar surface area (TPSA) is 71.3 Å². The lowest BCUT2D eigenvalue weighted by Gasteiger charge is -2.15. The van der Waals surface area contributed by atoms with Gasteiger partial charge in [-0.3, -0.25) is 0 Å². The Balaban J connectivity index is 2.08. The number of nitrogens with zero attached hydrogens (tertiary/aromatic N) is 5. The van der Waals surface area contributed by atoms with Gasteiger partial charge in [-0.1, -0.05) is 24.3 Å². The first-order valence-corrected chi connectivity index (χ1v) is 10.3. The molecule has 0 amide bonds. The van der Waals surface area contributed by atoms with Gasteiger partial charge in [-0.15, -0.1) is 0 Å². The van der Waals surface area contributed by atoms with Crippen molar-refractivity contribution in [3.8, 4) is 22.5 Å². The van der Waals surface area contributed by atoms with Crippen LogP contribution in [0.2, 0.25) is 0 Å². The highest BCUT2D eigenvalue weighted by Gasteiger charge is 2.15. The van der Waals surface area contributed by atoms with Crippen molar-refractivity contribution in [3.63, 3.8) is 0 Å². The molecule has 0 aliphatic heterocycles. The van der Waals surface area contributed by atoms with Crippen molar-refractivity contribution < 1.29 is 4.79 Å². The van der Waals surface area contributed by atoms with Crippen LogP contribution in [-0.4, -0.2) is 48.7 Å². The first-order valence-electron chi connectivity index (χ1n) is 10.3. The SMILES string of the molecule is CC(=O)CCCn1nc(-c2ccc(N(C)C)cc2)c(-c2ccc(N(C)C)cc2)nc1=O. The van der Waals surface area contributed by atoms with Crippen LogP contribution in [0.4, 0.5) is 11.4 Å². The fourth-order valence-corrected chi connectivity index (χ4v) is 3.27. The second-order valence-corrected chi connectivity index (χ2v) is 8.00. The molecule has 0 fully saturated rings. The first-order chi connectivity index (χ1) is 14.8. The Hall–Kier alpha value is -3.48.